The maximum atomic E-state index is 12.3. The van der Waals surface area contributed by atoms with Gasteiger partial charge in [0, 0.05) is 28.9 Å². The highest BCUT2D eigenvalue weighted by Crippen LogP contribution is 2.25. The van der Waals surface area contributed by atoms with Gasteiger partial charge >= 0.3 is 5.97 Å². The number of esters is 1. The summed E-state index contributed by atoms with van der Waals surface area (Å²) in [5.41, 5.74) is 3.53. The quantitative estimate of drug-likeness (QED) is 0.438. The molecule has 3 heterocycles. The Morgan fingerprint density at radius 2 is 2.00 bits per heavy atom. The molecule has 0 bridgehead atoms. The Morgan fingerprint density at radius 3 is 2.76 bits per heavy atom. The summed E-state index contributed by atoms with van der Waals surface area (Å²) in [6.07, 6.45) is 2.87. The van der Waals surface area contributed by atoms with Gasteiger partial charge in [-0.05, 0) is 38.1 Å². The van der Waals surface area contributed by atoms with Crippen LogP contribution in [0.25, 0.3) is 22.0 Å². The van der Waals surface area contributed by atoms with Gasteiger partial charge < -0.3 is 9.15 Å². The van der Waals surface area contributed by atoms with E-state index in [0.29, 0.717) is 11.6 Å². The summed E-state index contributed by atoms with van der Waals surface area (Å²) in [5.74, 6) is 0.238. The highest BCUT2D eigenvalue weighted by molar-refractivity contribution is 7.13. The third kappa shape index (κ3) is 4.55. The first-order chi connectivity index (χ1) is 14.1. The molecule has 0 amide bonds. The fourth-order valence-corrected chi connectivity index (χ4v) is 3.47. The Hall–Kier alpha value is -3.39. The molecule has 8 heteroatoms. The molecule has 4 rings (SSSR count). The third-order valence-corrected chi connectivity index (χ3v) is 5.12. The SMILES string of the molecule is Cc1ccc(-c2nnc([C@H](C)OC(=O)Cc3csc(-c4cccnc4)n3)o2)cc1. The van der Waals surface area contributed by atoms with Crippen molar-refractivity contribution in [3.63, 3.8) is 0 Å². The lowest BCUT2D eigenvalue weighted by molar-refractivity contribution is -0.148. The predicted molar refractivity (Wildman–Crippen MR) is 108 cm³/mol. The first kappa shape index (κ1) is 18.9. The lowest BCUT2D eigenvalue weighted by Crippen LogP contribution is -2.12. The van der Waals surface area contributed by atoms with E-state index in [9.17, 15) is 4.79 Å². The lowest BCUT2D eigenvalue weighted by atomic mass is 10.1. The van der Waals surface area contributed by atoms with E-state index in [4.69, 9.17) is 9.15 Å². The molecule has 0 unspecified atom stereocenters. The van der Waals surface area contributed by atoms with Gasteiger partial charge in [-0.25, -0.2) is 4.98 Å². The fraction of sp³-hybridized carbons (Fsp3) is 0.190. The normalized spacial score (nSPS) is 11.9. The monoisotopic (exact) mass is 406 g/mol. The zero-order valence-corrected chi connectivity index (χ0v) is 16.7. The van der Waals surface area contributed by atoms with Crippen LogP contribution in [0, 0.1) is 6.92 Å². The summed E-state index contributed by atoms with van der Waals surface area (Å²) < 4.78 is 11.1. The maximum absolute atomic E-state index is 12.3. The van der Waals surface area contributed by atoms with E-state index in [-0.39, 0.29) is 12.3 Å². The van der Waals surface area contributed by atoms with Gasteiger partial charge in [-0.2, -0.15) is 0 Å². The number of carbonyl (C=O) groups excluding carboxylic acids is 1. The second kappa shape index (κ2) is 8.32. The van der Waals surface area contributed by atoms with Gasteiger partial charge in [0.2, 0.25) is 5.89 Å². The van der Waals surface area contributed by atoms with Gasteiger partial charge in [0.25, 0.3) is 5.89 Å². The Labute approximate surface area is 171 Å². The largest absolute Gasteiger partial charge is 0.452 e. The van der Waals surface area contributed by atoms with Crippen LogP contribution in [0.2, 0.25) is 0 Å². The molecule has 0 fully saturated rings. The first-order valence-electron chi connectivity index (χ1n) is 9.03. The van der Waals surface area contributed by atoms with E-state index in [2.05, 4.69) is 20.2 Å². The highest BCUT2D eigenvalue weighted by atomic mass is 32.1. The Bertz CT molecular complexity index is 1110. The maximum Gasteiger partial charge on any atom is 0.312 e. The number of aryl methyl sites for hydroxylation is 1. The number of thiazole rings is 1. The number of aromatic nitrogens is 4. The van der Waals surface area contributed by atoms with Crippen molar-refractivity contribution in [1.29, 1.82) is 0 Å². The number of pyridine rings is 1. The van der Waals surface area contributed by atoms with Gasteiger partial charge in [0.1, 0.15) is 5.01 Å². The molecular weight excluding hydrogens is 388 g/mol. The minimum atomic E-state index is -0.648. The summed E-state index contributed by atoms with van der Waals surface area (Å²) in [6, 6.07) is 11.5. The smallest absolute Gasteiger partial charge is 0.312 e. The fourth-order valence-electron chi connectivity index (χ4n) is 2.66. The molecular formula is C21H18N4O3S. The van der Waals surface area contributed by atoms with Crippen molar-refractivity contribution in [2.75, 3.05) is 0 Å². The molecule has 0 spiro atoms. The molecule has 0 N–H and O–H groups in total. The Kier molecular flexibility index (Phi) is 5.44. The van der Waals surface area contributed by atoms with E-state index in [1.807, 2.05) is 48.7 Å². The summed E-state index contributed by atoms with van der Waals surface area (Å²) in [7, 11) is 0. The van der Waals surface area contributed by atoms with E-state index in [1.54, 1.807) is 19.3 Å². The Balaban J connectivity index is 1.38. The van der Waals surface area contributed by atoms with Crippen molar-refractivity contribution in [2.45, 2.75) is 26.4 Å². The number of rotatable bonds is 6. The van der Waals surface area contributed by atoms with Crippen molar-refractivity contribution in [1.82, 2.24) is 20.2 Å². The minimum absolute atomic E-state index is 0.0695. The molecule has 0 aliphatic carbocycles. The van der Waals surface area contributed by atoms with E-state index in [0.717, 1.165) is 21.7 Å². The molecule has 0 saturated carbocycles. The van der Waals surface area contributed by atoms with Crippen molar-refractivity contribution in [2.24, 2.45) is 0 Å². The summed E-state index contributed by atoms with van der Waals surface area (Å²) in [5, 5.41) is 10.7. The zero-order chi connectivity index (χ0) is 20.2. The van der Waals surface area contributed by atoms with Crippen LogP contribution in [0.4, 0.5) is 0 Å². The third-order valence-electron chi connectivity index (χ3n) is 4.18. The molecule has 3 aromatic heterocycles. The van der Waals surface area contributed by atoms with Gasteiger partial charge in [0.05, 0.1) is 12.1 Å². The molecule has 7 nitrogen and oxygen atoms in total. The van der Waals surface area contributed by atoms with E-state index >= 15 is 0 Å². The predicted octanol–water partition coefficient (Wildman–Crippen LogP) is 4.41. The molecule has 29 heavy (non-hydrogen) atoms. The van der Waals surface area contributed by atoms with Crippen molar-refractivity contribution < 1.29 is 13.9 Å². The zero-order valence-electron chi connectivity index (χ0n) is 15.9. The second-order valence-corrected chi connectivity index (χ2v) is 7.36. The van der Waals surface area contributed by atoms with Gasteiger partial charge in [0.15, 0.2) is 6.10 Å². The van der Waals surface area contributed by atoms with Crippen molar-refractivity contribution >= 4 is 17.3 Å². The number of hydrogen-bond donors (Lipinski definition) is 0. The molecule has 1 aromatic carbocycles. The molecule has 146 valence electrons. The second-order valence-electron chi connectivity index (χ2n) is 6.51. The summed E-state index contributed by atoms with van der Waals surface area (Å²) >= 11 is 1.46. The van der Waals surface area contributed by atoms with Crippen LogP contribution in [0.3, 0.4) is 0 Å². The van der Waals surface area contributed by atoms with Crippen LogP contribution in [0.1, 0.15) is 30.2 Å². The molecule has 0 saturated heterocycles. The van der Waals surface area contributed by atoms with Crippen LogP contribution < -0.4 is 0 Å². The first-order valence-corrected chi connectivity index (χ1v) is 9.91. The Morgan fingerprint density at radius 1 is 1.17 bits per heavy atom. The van der Waals surface area contributed by atoms with Crippen LogP contribution in [-0.4, -0.2) is 26.1 Å². The van der Waals surface area contributed by atoms with Crippen LogP contribution in [0.15, 0.2) is 58.6 Å². The summed E-state index contributed by atoms with van der Waals surface area (Å²) in [6.45, 7) is 3.71. The number of nitrogens with zero attached hydrogens (tertiary/aromatic N) is 4. The lowest BCUT2D eigenvalue weighted by Gasteiger charge is -2.08. The average Bonchev–Trinajstić information content (AvgIpc) is 3.39. The number of hydrogen-bond acceptors (Lipinski definition) is 8. The van der Waals surface area contributed by atoms with Crippen molar-refractivity contribution in [3.8, 4) is 22.0 Å². The van der Waals surface area contributed by atoms with Crippen LogP contribution >= 0.6 is 11.3 Å². The topological polar surface area (TPSA) is 91.0 Å². The van der Waals surface area contributed by atoms with Crippen molar-refractivity contribution in [3.05, 3.63) is 71.3 Å². The molecule has 0 radical (unpaired) electrons. The van der Waals surface area contributed by atoms with Gasteiger partial charge in [-0.3, -0.25) is 9.78 Å². The van der Waals surface area contributed by atoms with Crippen LogP contribution in [0.5, 0.6) is 0 Å². The van der Waals surface area contributed by atoms with Gasteiger partial charge in [-0.15, -0.1) is 21.5 Å². The molecule has 0 aliphatic rings. The number of ether oxygens (including phenoxy) is 1. The van der Waals surface area contributed by atoms with Gasteiger partial charge in [-0.1, -0.05) is 17.7 Å². The number of carbonyl (C=O) groups is 1. The molecule has 4 aromatic rings. The summed E-state index contributed by atoms with van der Waals surface area (Å²) in [4.78, 5) is 20.9. The number of benzene rings is 1. The highest BCUT2D eigenvalue weighted by Gasteiger charge is 2.20. The average molecular weight is 406 g/mol. The van der Waals surface area contributed by atoms with E-state index < -0.39 is 12.1 Å². The standard InChI is InChI=1S/C21H18N4O3S/c1-13-5-7-15(8-6-13)20-25-24-19(28-20)14(2)27-18(26)10-17-12-29-21(23-17)16-4-3-9-22-11-16/h3-9,11-12,14H,10H2,1-2H3/t14-/m0/s1. The van der Waals surface area contributed by atoms with Crippen LogP contribution in [-0.2, 0) is 16.0 Å². The minimum Gasteiger partial charge on any atom is -0.452 e. The van der Waals surface area contributed by atoms with E-state index in [1.165, 1.54) is 11.3 Å². The molecule has 0 aliphatic heterocycles. The molecule has 1 atom stereocenters.